The van der Waals surface area contributed by atoms with Crippen molar-refractivity contribution in [2.24, 2.45) is 4.51 Å². The minimum atomic E-state index is -4.52. The van der Waals surface area contributed by atoms with Crippen molar-refractivity contribution in [1.82, 2.24) is 10.8 Å². The lowest BCUT2D eigenvalue weighted by molar-refractivity contribution is -0.137. The fourth-order valence-electron chi connectivity index (χ4n) is 1.18. The molecule has 0 saturated heterocycles. The van der Waals surface area contributed by atoms with Gasteiger partial charge < -0.3 is 0 Å². The third-order valence-electron chi connectivity index (χ3n) is 1.97. The fraction of sp³-hybridized carbons (Fsp3) is 0.200. The zero-order valence-electron chi connectivity index (χ0n) is 9.99. The van der Waals surface area contributed by atoms with Crippen LogP contribution in [0.25, 0.3) is 0 Å². The van der Waals surface area contributed by atoms with Crippen molar-refractivity contribution in [1.29, 1.82) is 0 Å². The molecule has 2 N–H and O–H groups in total. The van der Waals surface area contributed by atoms with Crippen molar-refractivity contribution in [3.63, 3.8) is 0 Å². The van der Waals surface area contributed by atoms with E-state index in [2.05, 4.69) is 20.1 Å². The van der Waals surface area contributed by atoms with E-state index in [1.807, 2.05) is 0 Å². The molecule has 5 nitrogen and oxygen atoms in total. The number of halogens is 5. The second kappa shape index (κ2) is 7.93. The minimum Gasteiger partial charge on any atom is -0.290 e. The molecule has 0 aliphatic heterocycles. The zero-order chi connectivity index (χ0) is 14.5. The van der Waals surface area contributed by atoms with Crippen molar-refractivity contribution in [2.75, 3.05) is 7.11 Å². The van der Waals surface area contributed by atoms with E-state index < -0.39 is 17.6 Å². The Hall–Kier alpha value is -1.51. The molecule has 112 valence electrons. The third kappa shape index (κ3) is 5.24. The summed E-state index contributed by atoms with van der Waals surface area (Å²) >= 11 is 5.13. The molecule has 0 spiro atoms. The number of hydrogen-bond donors (Lipinski definition) is 2. The molecule has 1 aromatic carbocycles. The smallest absolute Gasteiger partial charge is 0.290 e. The highest BCUT2D eigenvalue weighted by molar-refractivity contribution is 6.21. The maximum atomic E-state index is 12.5. The molecule has 0 unspecified atom stereocenters. The standard InChI is InChI=1S/C10H9ClF3N3O2.ClH/c1-19-17-9(16-11)15-8(18)6-3-2-4-7(5-6)10(12,13)14;/h2-5H,1H3,(H2,15,16,17,18);1H. The molecule has 0 saturated carbocycles. The van der Waals surface area contributed by atoms with Gasteiger partial charge in [0, 0.05) is 17.3 Å². The van der Waals surface area contributed by atoms with Gasteiger partial charge in [-0.15, -0.1) is 16.9 Å². The number of hydroxylamine groups is 1. The Bertz CT molecular complexity index is 495. The number of guanidine groups is 1. The molecule has 20 heavy (non-hydrogen) atoms. The highest BCUT2D eigenvalue weighted by Crippen LogP contribution is 2.29. The first-order chi connectivity index (χ1) is 8.88. The Kier molecular flexibility index (Phi) is 7.33. The molecule has 1 amide bonds. The molecule has 1 rings (SSSR count). The van der Waals surface area contributed by atoms with Crippen LogP contribution in [0.15, 0.2) is 28.8 Å². The van der Waals surface area contributed by atoms with Gasteiger partial charge in [-0.1, -0.05) is 6.07 Å². The van der Waals surface area contributed by atoms with Crippen LogP contribution >= 0.6 is 24.2 Å². The van der Waals surface area contributed by atoms with E-state index in [1.165, 1.54) is 13.2 Å². The molecular formula is C10H10Cl2F3N3O2. The molecule has 0 aromatic heterocycles. The van der Waals surface area contributed by atoms with Crippen molar-refractivity contribution in [2.45, 2.75) is 6.18 Å². The topological polar surface area (TPSA) is 62.7 Å². The summed E-state index contributed by atoms with van der Waals surface area (Å²) in [6.45, 7) is 0. The van der Waals surface area contributed by atoms with E-state index in [-0.39, 0.29) is 23.9 Å². The monoisotopic (exact) mass is 331 g/mol. The van der Waals surface area contributed by atoms with E-state index >= 15 is 0 Å². The van der Waals surface area contributed by atoms with Crippen LogP contribution < -0.4 is 10.8 Å². The molecule has 0 aliphatic rings. The van der Waals surface area contributed by atoms with E-state index in [0.717, 1.165) is 12.1 Å². The van der Waals surface area contributed by atoms with Crippen molar-refractivity contribution in [3.05, 3.63) is 35.4 Å². The van der Waals surface area contributed by atoms with Gasteiger partial charge in [-0.25, -0.2) is 5.48 Å². The fourth-order valence-corrected chi connectivity index (χ4v) is 1.25. The molecule has 0 heterocycles. The van der Waals surface area contributed by atoms with Gasteiger partial charge in [-0.05, 0) is 18.2 Å². The Balaban J connectivity index is 0.00000361. The highest BCUT2D eigenvalue weighted by Gasteiger charge is 2.30. The first kappa shape index (κ1) is 18.5. The lowest BCUT2D eigenvalue weighted by Crippen LogP contribution is -2.40. The summed E-state index contributed by atoms with van der Waals surface area (Å²) in [7, 11) is 1.25. The average Bonchev–Trinajstić information content (AvgIpc) is 2.37. The second-order valence-corrected chi connectivity index (χ2v) is 3.44. The summed E-state index contributed by atoms with van der Waals surface area (Å²) < 4.78 is 40.5. The number of carbonyl (C=O) groups is 1. The van der Waals surface area contributed by atoms with Gasteiger partial charge in [0.25, 0.3) is 5.91 Å². The van der Waals surface area contributed by atoms with Crippen LogP contribution in [0.2, 0.25) is 0 Å². The van der Waals surface area contributed by atoms with Crippen LogP contribution in [-0.2, 0) is 11.0 Å². The first-order valence-corrected chi connectivity index (χ1v) is 5.19. The SMILES string of the molecule is CONC(=NCl)NC(=O)c1cccc(C(F)(F)F)c1.Cl. The maximum Gasteiger partial charge on any atom is 0.416 e. The van der Waals surface area contributed by atoms with Gasteiger partial charge in [0.2, 0.25) is 5.96 Å². The van der Waals surface area contributed by atoms with Gasteiger partial charge in [0.15, 0.2) is 0 Å². The van der Waals surface area contributed by atoms with Gasteiger partial charge in [-0.3, -0.25) is 14.9 Å². The average molecular weight is 332 g/mol. The second-order valence-electron chi connectivity index (χ2n) is 3.27. The predicted octanol–water partition coefficient (Wildman–Crippen LogP) is 2.52. The number of rotatable bonds is 2. The summed E-state index contributed by atoms with van der Waals surface area (Å²) in [5, 5.41) is 2.14. The Morgan fingerprint density at radius 2 is 2.05 bits per heavy atom. The number of benzene rings is 1. The maximum absolute atomic E-state index is 12.5. The molecule has 0 aliphatic carbocycles. The van der Waals surface area contributed by atoms with E-state index in [4.69, 9.17) is 11.8 Å². The quantitative estimate of drug-likeness (QED) is 0.497. The lowest BCUT2D eigenvalue weighted by Gasteiger charge is -2.10. The van der Waals surface area contributed by atoms with Crippen molar-refractivity contribution < 1.29 is 22.8 Å². The Labute approximate surface area is 123 Å². The normalized spacial score (nSPS) is 11.6. The van der Waals surface area contributed by atoms with E-state index in [0.29, 0.717) is 6.07 Å². The van der Waals surface area contributed by atoms with Crippen LogP contribution in [0, 0.1) is 0 Å². The summed E-state index contributed by atoms with van der Waals surface area (Å²) in [4.78, 5) is 16.1. The number of nitrogens with one attached hydrogen (secondary N) is 2. The van der Waals surface area contributed by atoms with Gasteiger partial charge in [0.05, 0.1) is 12.7 Å². The van der Waals surface area contributed by atoms with Crippen LogP contribution in [0.1, 0.15) is 15.9 Å². The molecule has 0 radical (unpaired) electrons. The molecule has 0 atom stereocenters. The molecular weight excluding hydrogens is 322 g/mol. The van der Waals surface area contributed by atoms with Crippen LogP contribution in [0.4, 0.5) is 13.2 Å². The Morgan fingerprint density at radius 1 is 1.40 bits per heavy atom. The van der Waals surface area contributed by atoms with Gasteiger partial charge in [-0.2, -0.15) is 13.2 Å². The van der Waals surface area contributed by atoms with E-state index in [1.54, 1.807) is 0 Å². The summed E-state index contributed by atoms with van der Waals surface area (Å²) in [6.07, 6.45) is -4.52. The minimum absolute atomic E-state index is 0. The predicted molar refractivity (Wildman–Crippen MR) is 69.6 cm³/mol. The number of carbonyl (C=O) groups excluding carboxylic acids is 1. The molecule has 10 heteroatoms. The lowest BCUT2D eigenvalue weighted by atomic mass is 10.1. The largest absolute Gasteiger partial charge is 0.416 e. The first-order valence-electron chi connectivity index (χ1n) is 4.85. The van der Waals surface area contributed by atoms with Crippen molar-refractivity contribution >= 4 is 36.1 Å². The number of nitrogens with zero attached hydrogens (tertiary/aromatic N) is 1. The van der Waals surface area contributed by atoms with Gasteiger partial charge in [0.1, 0.15) is 0 Å². The van der Waals surface area contributed by atoms with Crippen LogP contribution in [-0.4, -0.2) is 19.0 Å². The Morgan fingerprint density at radius 3 is 2.55 bits per heavy atom. The number of amides is 1. The number of hydrogen-bond acceptors (Lipinski definition) is 3. The van der Waals surface area contributed by atoms with Gasteiger partial charge >= 0.3 is 6.18 Å². The molecule has 0 bridgehead atoms. The summed E-state index contributed by atoms with van der Waals surface area (Å²) in [5.74, 6) is -1.05. The van der Waals surface area contributed by atoms with Crippen LogP contribution in [0.5, 0.6) is 0 Å². The van der Waals surface area contributed by atoms with E-state index in [9.17, 15) is 18.0 Å². The van der Waals surface area contributed by atoms with Crippen LogP contribution in [0.3, 0.4) is 0 Å². The van der Waals surface area contributed by atoms with Crippen molar-refractivity contribution in [3.8, 4) is 0 Å². The number of alkyl halides is 3. The highest BCUT2D eigenvalue weighted by atomic mass is 35.5. The summed E-state index contributed by atoms with van der Waals surface area (Å²) in [5.41, 5.74) is 1.03. The zero-order valence-corrected chi connectivity index (χ0v) is 11.6. The third-order valence-corrected chi connectivity index (χ3v) is 2.14. The molecule has 0 fully saturated rings. The molecule has 1 aromatic rings. The summed E-state index contributed by atoms with van der Waals surface area (Å²) in [6, 6.07) is 3.93.